The number of amides is 1. The zero-order valence-corrected chi connectivity index (χ0v) is 12.5. The monoisotopic (exact) mass is 267 g/mol. The average molecular weight is 267 g/mol. The van der Waals surface area contributed by atoms with Gasteiger partial charge in [0.25, 0.3) is 0 Å². The summed E-state index contributed by atoms with van der Waals surface area (Å²) in [6.45, 7) is 7.46. The van der Waals surface area contributed by atoms with E-state index >= 15 is 0 Å². The van der Waals surface area contributed by atoms with Crippen molar-refractivity contribution in [2.45, 2.75) is 46.5 Å². The third-order valence-corrected chi connectivity index (χ3v) is 5.95. The van der Waals surface area contributed by atoms with Gasteiger partial charge in [0.15, 0.2) is 0 Å². The van der Waals surface area contributed by atoms with Gasteiger partial charge in [0.05, 0.1) is 5.41 Å². The zero-order chi connectivity index (χ0) is 14.3. The molecule has 0 aromatic heterocycles. The maximum Gasteiger partial charge on any atom is 0.227 e. The highest BCUT2D eigenvalue weighted by atomic mass is 16.5. The van der Waals surface area contributed by atoms with Crippen LogP contribution in [0.3, 0.4) is 0 Å². The Bertz CT molecular complexity index is 404. The standard InChI is InChI=1S/C15H25NO3/c1-13(2)14(3)6-7-15(13,10-11(14)17)12(18)16-8-5-9-19-4/h5-10H2,1-4H3,(H,16,18)/t14-,15+/m1/s1. The molecule has 2 aliphatic carbocycles. The number of hydrogen-bond donors (Lipinski definition) is 1. The number of rotatable bonds is 5. The summed E-state index contributed by atoms with van der Waals surface area (Å²) in [5, 5.41) is 3.00. The van der Waals surface area contributed by atoms with Crippen molar-refractivity contribution in [3.8, 4) is 0 Å². The molecule has 4 heteroatoms. The van der Waals surface area contributed by atoms with Gasteiger partial charge in [0.2, 0.25) is 5.91 Å². The van der Waals surface area contributed by atoms with Crippen molar-refractivity contribution in [1.29, 1.82) is 0 Å². The summed E-state index contributed by atoms with van der Waals surface area (Å²) in [5.74, 6) is 0.318. The first-order valence-electron chi connectivity index (χ1n) is 7.12. The third kappa shape index (κ3) is 1.76. The Hall–Kier alpha value is -0.900. The molecule has 108 valence electrons. The molecule has 19 heavy (non-hydrogen) atoms. The second-order valence-electron chi connectivity index (χ2n) is 6.74. The predicted octanol–water partition coefficient (Wildman–Crippen LogP) is 1.92. The van der Waals surface area contributed by atoms with Crippen LogP contribution in [0.1, 0.15) is 46.5 Å². The van der Waals surface area contributed by atoms with E-state index in [2.05, 4.69) is 19.2 Å². The Labute approximate surface area is 115 Å². The molecular formula is C15H25NO3. The van der Waals surface area contributed by atoms with Crippen molar-refractivity contribution in [3.05, 3.63) is 0 Å². The molecule has 0 unspecified atom stereocenters. The number of ether oxygens (including phenoxy) is 1. The van der Waals surface area contributed by atoms with Crippen molar-refractivity contribution < 1.29 is 14.3 Å². The lowest BCUT2D eigenvalue weighted by Gasteiger charge is -2.38. The lowest BCUT2D eigenvalue weighted by atomic mass is 9.64. The summed E-state index contributed by atoms with van der Waals surface area (Å²) in [6, 6.07) is 0. The van der Waals surface area contributed by atoms with Gasteiger partial charge in [-0.3, -0.25) is 9.59 Å². The number of carbonyl (C=O) groups is 2. The van der Waals surface area contributed by atoms with Crippen LogP contribution in [0.5, 0.6) is 0 Å². The first-order valence-corrected chi connectivity index (χ1v) is 7.12. The first kappa shape index (κ1) is 14.5. The highest BCUT2D eigenvalue weighted by molar-refractivity contribution is 5.99. The summed E-state index contributed by atoms with van der Waals surface area (Å²) in [6.07, 6.45) is 2.89. The summed E-state index contributed by atoms with van der Waals surface area (Å²) in [5.41, 5.74) is -1.06. The molecule has 2 fully saturated rings. The van der Waals surface area contributed by atoms with E-state index in [9.17, 15) is 9.59 Å². The van der Waals surface area contributed by atoms with Gasteiger partial charge >= 0.3 is 0 Å². The fraction of sp³-hybridized carbons (Fsp3) is 0.867. The van der Waals surface area contributed by atoms with Gasteiger partial charge in [0.1, 0.15) is 5.78 Å². The lowest BCUT2D eigenvalue weighted by molar-refractivity contribution is -0.136. The van der Waals surface area contributed by atoms with Crippen LogP contribution in [0.2, 0.25) is 0 Å². The summed E-state index contributed by atoms with van der Waals surface area (Å²) in [7, 11) is 1.65. The number of ketones is 1. The molecule has 0 heterocycles. The minimum Gasteiger partial charge on any atom is -0.385 e. The molecule has 0 aromatic rings. The van der Waals surface area contributed by atoms with Crippen LogP contribution < -0.4 is 5.32 Å². The van der Waals surface area contributed by atoms with Gasteiger partial charge in [-0.05, 0) is 24.7 Å². The first-order chi connectivity index (χ1) is 8.82. The highest BCUT2D eigenvalue weighted by Crippen LogP contribution is 2.70. The van der Waals surface area contributed by atoms with Crippen molar-refractivity contribution >= 4 is 11.7 Å². The topological polar surface area (TPSA) is 55.4 Å². The van der Waals surface area contributed by atoms with Gasteiger partial charge in [0, 0.05) is 32.1 Å². The van der Waals surface area contributed by atoms with Gasteiger partial charge in [-0.15, -0.1) is 0 Å². The Morgan fingerprint density at radius 2 is 2.00 bits per heavy atom. The second kappa shape index (κ2) is 4.58. The largest absolute Gasteiger partial charge is 0.385 e. The van der Waals surface area contributed by atoms with Gasteiger partial charge in [-0.2, -0.15) is 0 Å². The van der Waals surface area contributed by atoms with Crippen molar-refractivity contribution in [1.82, 2.24) is 5.32 Å². The van der Waals surface area contributed by atoms with Crippen LogP contribution in [0, 0.1) is 16.2 Å². The number of Topliss-reactive ketones (excluding diaryl/α,β-unsaturated/α-hetero) is 1. The van der Waals surface area contributed by atoms with Gasteiger partial charge in [-0.25, -0.2) is 0 Å². The van der Waals surface area contributed by atoms with E-state index in [-0.39, 0.29) is 22.5 Å². The number of fused-ring (bicyclic) bond motifs is 2. The molecule has 2 bridgehead atoms. The molecule has 2 atom stereocenters. The number of hydrogen-bond acceptors (Lipinski definition) is 3. The third-order valence-electron chi connectivity index (χ3n) is 5.95. The summed E-state index contributed by atoms with van der Waals surface area (Å²) >= 11 is 0. The molecule has 2 saturated carbocycles. The highest BCUT2D eigenvalue weighted by Gasteiger charge is 2.72. The number of carbonyl (C=O) groups excluding carboxylic acids is 2. The molecule has 1 N–H and O–H groups in total. The van der Waals surface area contributed by atoms with E-state index in [1.165, 1.54) is 0 Å². The van der Waals surface area contributed by atoms with Crippen LogP contribution in [0.15, 0.2) is 0 Å². The second-order valence-corrected chi connectivity index (χ2v) is 6.74. The molecule has 0 aliphatic heterocycles. The van der Waals surface area contributed by atoms with Crippen LogP contribution >= 0.6 is 0 Å². The molecule has 2 rings (SSSR count). The van der Waals surface area contributed by atoms with E-state index in [4.69, 9.17) is 4.74 Å². The van der Waals surface area contributed by atoms with E-state index in [1.807, 2.05) is 6.92 Å². The SMILES string of the molecule is COCCCNC(=O)[C@]12CC[C@](C)(C(=O)C1)C2(C)C. The Morgan fingerprint density at radius 3 is 2.47 bits per heavy atom. The van der Waals surface area contributed by atoms with Crippen molar-refractivity contribution in [3.63, 3.8) is 0 Å². The zero-order valence-electron chi connectivity index (χ0n) is 12.5. The minimum absolute atomic E-state index is 0.0585. The fourth-order valence-electron chi connectivity index (χ4n) is 3.95. The molecular weight excluding hydrogens is 242 g/mol. The van der Waals surface area contributed by atoms with E-state index in [0.717, 1.165) is 19.3 Å². The fourth-order valence-corrected chi connectivity index (χ4v) is 3.95. The smallest absolute Gasteiger partial charge is 0.227 e. The summed E-state index contributed by atoms with van der Waals surface area (Å²) in [4.78, 5) is 24.8. The Morgan fingerprint density at radius 1 is 1.32 bits per heavy atom. The van der Waals surface area contributed by atoms with E-state index in [1.54, 1.807) is 7.11 Å². The van der Waals surface area contributed by atoms with E-state index in [0.29, 0.717) is 19.6 Å². The molecule has 2 aliphatic rings. The molecule has 1 amide bonds. The quantitative estimate of drug-likeness (QED) is 0.774. The molecule has 0 saturated heterocycles. The van der Waals surface area contributed by atoms with Gasteiger partial charge < -0.3 is 10.1 Å². The maximum absolute atomic E-state index is 12.6. The average Bonchev–Trinajstić information content (AvgIpc) is 2.65. The predicted molar refractivity (Wildman–Crippen MR) is 72.7 cm³/mol. The molecule has 4 nitrogen and oxygen atoms in total. The lowest BCUT2D eigenvalue weighted by Crippen LogP contribution is -2.47. The maximum atomic E-state index is 12.6. The van der Waals surface area contributed by atoms with E-state index < -0.39 is 5.41 Å². The normalized spacial score (nSPS) is 35.7. The number of nitrogens with one attached hydrogen (secondary N) is 1. The Balaban J connectivity index is 2.11. The Kier molecular flexibility index (Phi) is 3.50. The van der Waals surface area contributed by atoms with Crippen molar-refractivity contribution in [2.24, 2.45) is 16.2 Å². The van der Waals surface area contributed by atoms with Crippen LogP contribution in [0.25, 0.3) is 0 Å². The van der Waals surface area contributed by atoms with Crippen LogP contribution in [-0.2, 0) is 14.3 Å². The minimum atomic E-state index is -0.494. The molecule has 0 radical (unpaired) electrons. The molecule has 0 aromatic carbocycles. The van der Waals surface area contributed by atoms with Gasteiger partial charge in [-0.1, -0.05) is 20.8 Å². The van der Waals surface area contributed by atoms with Crippen LogP contribution in [-0.4, -0.2) is 32.0 Å². The number of methoxy groups -OCH3 is 1. The molecule has 0 spiro atoms. The van der Waals surface area contributed by atoms with Crippen molar-refractivity contribution in [2.75, 3.05) is 20.3 Å². The van der Waals surface area contributed by atoms with Crippen LogP contribution in [0.4, 0.5) is 0 Å². The summed E-state index contributed by atoms with van der Waals surface area (Å²) < 4.78 is 4.98.